The number of hydrogen-bond acceptors (Lipinski definition) is 5. The van der Waals surface area contributed by atoms with Gasteiger partial charge in [0.15, 0.2) is 6.10 Å². The van der Waals surface area contributed by atoms with Crippen molar-refractivity contribution in [2.75, 3.05) is 7.05 Å². The number of amides is 1. The number of ether oxygens (including phenoxy) is 1. The minimum absolute atomic E-state index is 0.123. The molecule has 1 heterocycles. The molecule has 1 amide bonds. The van der Waals surface area contributed by atoms with Crippen LogP contribution < -0.4 is 4.74 Å². The highest BCUT2D eigenvalue weighted by atomic mass is 16.5. The summed E-state index contributed by atoms with van der Waals surface area (Å²) in [5.41, 5.74) is 3.24. The number of nitrogens with zero attached hydrogens (tertiary/aromatic N) is 3. The fourth-order valence-corrected chi connectivity index (χ4v) is 3.02. The Morgan fingerprint density at radius 1 is 1.17 bits per heavy atom. The Balaban J connectivity index is 1.64. The summed E-state index contributed by atoms with van der Waals surface area (Å²) in [5.74, 6) is 1.47. The van der Waals surface area contributed by atoms with Gasteiger partial charge in [-0.05, 0) is 43.5 Å². The van der Waals surface area contributed by atoms with Gasteiger partial charge >= 0.3 is 0 Å². The quantitative estimate of drug-likeness (QED) is 0.566. The third kappa shape index (κ3) is 5.22. The Morgan fingerprint density at radius 3 is 2.59 bits per heavy atom. The molecule has 6 heteroatoms. The van der Waals surface area contributed by atoms with Gasteiger partial charge in [-0.3, -0.25) is 4.79 Å². The summed E-state index contributed by atoms with van der Waals surface area (Å²) in [4.78, 5) is 18.8. The Morgan fingerprint density at radius 2 is 1.93 bits per heavy atom. The number of rotatable bonds is 8. The molecular weight excluding hydrogens is 366 g/mol. The molecule has 0 aliphatic carbocycles. The van der Waals surface area contributed by atoms with Gasteiger partial charge in [0.25, 0.3) is 5.91 Å². The third-order valence-electron chi connectivity index (χ3n) is 4.75. The highest BCUT2D eigenvalue weighted by Crippen LogP contribution is 2.19. The first-order chi connectivity index (χ1) is 14.0. The summed E-state index contributed by atoms with van der Waals surface area (Å²) in [6.45, 7) is 6.27. The van der Waals surface area contributed by atoms with E-state index in [-0.39, 0.29) is 12.5 Å². The zero-order valence-electron chi connectivity index (χ0n) is 17.4. The second-order valence-corrected chi connectivity index (χ2v) is 7.09. The van der Waals surface area contributed by atoms with E-state index in [1.165, 1.54) is 5.56 Å². The molecule has 0 spiro atoms. The molecule has 29 heavy (non-hydrogen) atoms. The van der Waals surface area contributed by atoms with Gasteiger partial charge in [-0.1, -0.05) is 54.9 Å². The molecule has 0 saturated heterocycles. The van der Waals surface area contributed by atoms with E-state index in [0.29, 0.717) is 23.9 Å². The highest BCUT2D eigenvalue weighted by molar-refractivity contribution is 5.80. The maximum Gasteiger partial charge on any atom is 0.263 e. The van der Waals surface area contributed by atoms with E-state index in [1.807, 2.05) is 62.4 Å². The van der Waals surface area contributed by atoms with E-state index in [9.17, 15) is 4.79 Å². The van der Waals surface area contributed by atoms with Crippen LogP contribution in [0.1, 0.15) is 37.3 Å². The molecule has 0 unspecified atom stereocenters. The van der Waals surface area contributed by atoms with Crippen LogP contribution in [0.3, 0.4) is 0 Å². The van der Waals surface area contributed by atoms with Crippen molar-refractivity contribution in [1.82, 2.24) is 15.0 Å². The van der Waals surface area contributed by atoms with Gasteiger partial charge in [0.05, 0.1) is 6.54 Å². The van der Waals surface area contributed by atoms with E-state index < -0.39 is 6.10 Å². The predicted molar refractivity (Wildman–Crippen MR) is 111 cm³/mol. The van der Waals surface area contributed by atoms with Crippen LogP contribution >= 0.6 is 0 Å². The topological polar surface area (TPSA) is 68.5 Å². The molecule has 0 aliphatic rings. The lowest BCUT2D eigenvalue weighted by molar-refractivity contribution is -0.138. The summed E-state index contributed by atoms with van der Waals surface area (Å²) in [5, 5.41) is 4.03. The number of aryl methyl sites for hydroxylation is 2. The molecule has 0 bridgehead atoms. The Kier molecular flexibility index (Phi) is 6.65. The molecule has 1 atom stereocenters. The van der Waals surface area contributed by atoms with Gasteiger partial charge in [-0.15, -0.1) is 0 Å². The van der Waals surface area contributed by atoms with E-state index in [4.69, 9.17) is 9.26 Å². The minimum Gasteiger partial charge on any atom is -0.481 e. The Bertz CT molecular complexity index is 950. The first-order valence-corrected chi connectivity index (χ1v) is 9.90. The first kappa shape index (κ1) is 20.6. The first-order valence-electron chi connectivity index (χ1n) is 9.90. The van der Waals surface area contributed by atoms with Gasteiger partial charge < -0.3 is 14.2 Å². The van der Waals surface area contributed by atoms with Crippen molar-refractivity contribution in [3.05, 3.63) is 65.5 Å². The normalized spacial score (nSPS) is 11.9. The lowest BCUT2D eigenvalue weighted by Gasteiger charge is -2.22. The van der Waals surface area contributed by atoms with E-state index >= 15 is 0 Å². The van der Waals surface area contributed by atoms with Crippen molar-refractivity contribution in [2.24, 2.45) is 0 Å². The van der Waals surface area contributed by atoms with Crippen molar-refractivity contribution in [1.29, 1.82) is 0 Å². The molecule has 1 aromatic heterocycles. The van der Waals surface area contributed by atoms with Crippen LogP contribution in [0.5, 0.6) is 5.75 Å². The Labute approximate surface area is 171 Å². The van der Waals surface area contributed by atoms with E-state index in [0.717, 1.165) is 17.5 Å². The number of aromatic nitrogens is 2. The fourth-order valence-electron chi connectivity index (χ4n) is 3.02. The van der Waals surface area contributed by atoms with Crippen LogP contribution in [0.25, 0.3) is 11.4 Å². The second-order valence-electron chi connectivity index (χ2n) is 7.09. The molecular formula is C23H27N3O3. The summed E-state index contributed by atoms with van der Waals surface area (Å²) in [7, 11) is 1.71. The number of likely N-dealkylation sites (N-methyl/N-ethyl adjacent to an activating group) is 1. The van der Waals surface area contributed by atoms with Crippen LogP contribution in [0.4, 0.5) is 0 Å². The number of benzene rings is 2. The average Bonchev–Trinajstić information content (AvgIpc) is 3.20. The molecule has 0 N–H and O–H groups in total. The zero-order chi connectivity index (χ0) is 20.8. The molecule has 152 valence electrons. The smallest absolute Gasteiger partial charge is 0.263 e. The van der Waals surface area contributed by atoms with Gasteiger partial charge in [0.1, 0.15) is 5.75 Å². The largest absolute Gasteiger partial charge is 0.481 e. The third-order valence-corrected chi connectivity index (χ3v) is 4.75. The van der Waals surface area contributed by atoms with Crippen molar-refractivity contribution in [2.45, 2.75) is 46.3 Å². The van der Waals surface area contributed by atoms with Crippen LogP contribution in [-0.4, -0.2) is 34.1 Å². The van der Waals surface area contributed by atoms with Crippen molar-refractivity contribution in [3.8, 4) is 17.1 Å². The standard InChI is InChI=1S/C23H27N3O3/c1-5-17-10-12-19(13-11-17)28-20(6-2)23(27)26(4)15-21-24-22(25-29-21)18-9-7-8-16(3)14-18/h7-14,20H,5-6,15H2,1-4H3/t20-/m0/s1. The summed E-state index contributed by atoms with van der Waals surface area (Å²) < 4.78 is 11.3. The van der Waals surface area contributed by atoms with Gasteiger partial charge in [-0.25, -0.2) is 0 Å². The van der Waals surface area contributed by atoms with Gasteiger partial charge in [0.2, 0.25) is 11.7 Å². The minimum atomic E-state index is -0.563. The van der Waals surface area contributed by atoms with Crippen molar-refractivity contribution in [3.63, 3.8) is 0 Å². The number of carbonyl (C=O) groups excluding carboxylic acids is 1. The molecule has 0 saturated carbocycles. The van der Waals surface area contributed by atoms with Crippen LogP contribution in [0.2, 0.25) is 0 Å². The fraction of sp³-hybridized carbons (Fsp3) is 0.348. The molecule has 3 aromatic rings. The maximum atomic E-state index is 12.8. The monoisotopic (exact) mass is 393 g/mol. The number of hydrogen-bond donors (Lipinski definition) is 0. The molecule has 0 aliphatic heterocycles. The van der Waals surface area contributed by atoms with Crippen LogP contribution in [0.15, 0.2) is 53.1 Å². The summed E-state index contributed by atoms with van der Waals surface area (Å²) in [6, 6.07) is 15.7. The molecule has 6 nitrogen and oxygen atoms in total. The lowest BCUT2D eigenvalue weighted by Crippen LogP contribution is -2.39. The zero-order valence-corrected chi connectivity index (χ0v) is 17.4. The lowest BCUT2D eigenvalue weighted by atomic mass is 10.1. The molecule has 2 aromatic carbocycles. The molecule has 3 rings (SSSR count). The van der Waals surface area contributed by atoms with Crippen LogP contribution in [-0.2, 0) is 17.8 Å². The van der Waals surface area contributed by atoms with Crippen LogP contribution in [0, 0.1) is 6.92 Å². The Hall–Kier alpha value is -3.15. The van der Waals surface area contributed by atoms with Gasteiger partial charge in [-0.2, -0.15) is 4.98 Å². The summed E-state index contributed by atoms with van der Waals surface area (Å²) in [6.07, 6.45) is 0.969. The van der Waals surface area contributed by atoms with Gasteiger partial charge in [0, 0.05) is 12.6 Å². The highest BCUT2D eigenvalue weighted by Gasteiger charge is 2.24. The number of carbonyl (C=O) groups is 1. The second kappa shape index (κ2) is 9.37. The average molecular weight is 393 g/mol. The summed E-state index contributed by atoms with van der Waals surface area (Å²) >= 11 is 0. The molecule has 0 fully saturated rings. The van der Waals surface area contributed by atoms with Crippen molar-refractivity contribution >= 4 is 5.91 Å². The van der Waals surface area contributed by atoms with E-state index in [2.05, 4.69) is 17.1 Å². The predicted octanol–water partition coefficient (Wildman–Crippen LogP) is 4.42. The van der Waals surface area contributed by atoms with Crippen molar-refractivity contribution < 1.29 is 14.1 Å². The maximum absolute atomic E-state index is 12.8. The van der Waals surface area contributed by atoms with E-state index in [1.54, 1.807) is 11.9 Å². The SMILES string of the molecule is CCc1ccc(O[C@@H](CC)C(=O)N(C)Cc2nc(-c3cccc(C)c3)no2)cc1. The molecule has 0 radical (unpaired) electrons.